The van der Waals surface area contributed by atoms with Gasteiger partial charge in [-0.15, -0.1) is 0 Å². The normalized spacial score (nSPS) is 12.3. The number of benzene rings is 1. The first-order valence-electron chi connectivity index (χ1n) is 4.19. The van der Waals surface area contributed by atoms with E-state index in [0.717, 1.165) is 0 Å². The molecule has 0 fully saturated rings. The Balaban J connectivity index is 3.08. The number of rotatable bonds is 4. The van der Waals surface area contributed by atoms with Crippen LogP contribution in [0.25, 0.3) is 0 Å². The van der Waals surface area contributed by atoms with Crippen molar-refractivity contribution in [1.29, 1.82) is 0 Å². The van der Waals surface area contributed by atoms with Crippen LogP contribution in [0.4, 0.5) is 4.39 Å². The fourth-order valence-electron chi connectivity index (χ4n) is 1.18. The van der Waals surface area contributed by atoms with Crippen LogP contribution in [0.5, 0.6) is 11.5 Å². The van der Waals surface area contributed by atoms with E-state index in [1.54, 1.807) is 18.2 Å². The second-order valence-corrected chi connectivity index (χ2v) is 2.78. The quantitative estimate of drug-likeness (QED) is 0.804. The summed E-state index contributed by atoms with van der Waals surface area (Å²) in [6.07, 6.45) is -1.17. The Bertz CT molecular complexity index is 301. The molecule has 1 aromatic rings. The topological polar surface area (TPSA) is 38.7 Å². The second-order valence-electron chi connectivity index (χ2n) is 2.78. The zero-order chi connectivity index (χ0) is 10.6. The highest BCUT2D eigenvalue weighted by molar-refractivity contribution is 5.41. The lowest BCUT2D eigenvalue weighted by molar-refractivity contribution is 0.138. The van der Waals surface area contributed by atoms with Crippen LogP contribution in [-0.2, 0) is 0 Å². The summed E-state index contributed by atoms with van der Waals surface area (Å²) in [7, 11) is 2.98. The summed E-state index contributed by atoms with van der Waals surface area (Å²) in [5.41, 5.74) is 0.398. The van der Waals surface area contributed by atoms with Gasteiger partial charge in [0.25, 0.3) is 0 Å². The standard InChI is InChI=1S/C10H13FO3/c1-13-7-3-4-10(14-2)8(5-7)9(12)6-11/h3-5,9,12H,6H2,1-2H3. The fourth-order valence-corrected chi connectivity index (χ4v) is 1.18. The number of halogens is 1. The van der Waals surface area contributed by atoms with Crippen LogP contribution in [0.1, 0.15) is 11.7 Å². The predicted octanol–water partition coefficient (Wildman–Crippen LogP) is 1.71. The largest absolute Gasteiger partial charge is 0.497 e. The van der Waals surface area contributed by atoms with Gasteiger partial charge in [-0.1, -0.05) is 0 Å². The lowest BCUT2D eigenvalue weighted by Gasteiger charge is -2.13. The minimum atomic E-state index is -1.17. The van der Waals surface area contributed by atoms with E-state index in [1.165, 1.54) is 14.2 Å². The molecule has 0 aliphatic carbocycles. The van der Waals surface area contributed by atoms with Crippen LogP contribution in [0.2, 0.25) is 0 Å². The van der Waals surface area contributed by atoms with Gasteiger partial charge in [0.05, 0.1) is 14.2 Å². The molecule has 1 aromatic carbocycles. The Labute approximate surface area is 82.1 Å². The van der Waals surface area contributed by atoms with Gasteiger partial charge in [-0.25, -0.2) is 4.39 Å². The smallest absolute Gasteiger partial charge is 0.125 e. The van der Waals surface area contributed by atoms with E-state index in [4.69, 9.17) is 9.47 Å². The molecule has 4 heteroatoms. The summed E-state index contributed by atoms with van der Waals surface area (Å²) in [6.45, 7) is -0.844. The van der Waals surface area contributed by atoms with Gasteiger partial charge in [-0.3, -0.25) is 0 Å². The summed E-state index contributed by atoms with van der Waals surface area (Å²) in [5.74, 6) is 1.02. The molecule has 0 bridgehead atoms. The Morgan fingerprint density at radius 1 is 1.36 bits per heavy atom. The molecule has 0 saturated heterocycles. The van der Waals surface area contributed by atoms with Crippen LogP contribution >= 0.6 is 0 Å². The van der Waals surface area contributed by atoms with Gasteiger partial charge in [0.1, 0.15) is 24.3 Å². The SMILES string of the molecule is COc1ccc(OC)c(C(O)CF)c1. The van der Waals surface area contributed by atoms with Crippen LogP contribution < -0.4 is 9.47 Å². The molecule has 14 heavy (non-hydrogen) atoms. The summed E-state index contributed by atoms with van der Waals surface area (Å²) in [5, 5.41) is 9.35. The summed E-state index contributed by atoms with van der Waals surface area (Å²) >= 11 is 0. The molecular weight excluding hydrogens is 187 g/mol. The number of methoxy groups -OCH3 is 2. The van der Waals surface area contributed by atoms with E-state index in [2.05, 4.69) is 0 Å². The average Bonchev–Trinajstić information content (AvgIpc) is 2.27. The molecule has 0 radical (unpaired) electrons. The number of hydrogen-bond donors (Lipinski definition) is 1. The minimum Gasteiger partial charge on any atom is -0.497 e. The molecule has 0 aliphatic heterocycles. The number of ether oxygens (including phenoxy) is 2. The van der Waals surface area contributed by atoms with Gasteiger partial charge >= 0.3 is 0 Å². The van der Waals surface area contributed by atoms with Crippen LogP contribution in [0, 0.1) is 0 Å². The van der Waals surface area contributed by atoms with E-state index < -0.39 is 12.8 Å². The molecule has 0 saturated carbocycles. The number of hydrogen-bond acceptors (Lipinski definition) is 3. The Hall–Kier alpha value is -1.29. The summed E-state index contributed by atoms with van der Waals surface area (Å²) < 4.78 is 22.2. The van der Waals surface area contributed by atoms with Crippen LogP contribution in [0.3, 0.4) is 0 Å². The molecule has 1 atom stereocenters. The monoisotopic (exact) mass is 200 g/mol. The molecule has 1 unspecified atom stereocenters. The van der Waals surface area contributed by atoms with Gasteiger partial charge in [-0.2, -0.15) is 0 Å². The molecule has 0 amide bonds. The average molecular weight is 200 g/mol. The molecule has 0 aromatic heterocycles. The van der Waals surface area contributed by atoms with E-state index in [9.17, 15) is 9.50 Å². The maximum atomic E-state index is 12.3. The zero-order valence-electron chi connectivity index (χ0n) is 8.16. The van der Waals surface area contributed by atoms with E-state index in [0.29, 0.717) is 17.1 Å². The van der Waals surface area contributed by atoms with Crippen molar-refractivity contribution in [2.24, 2.45) is 0 Å². The molecular formula is C10H13FO3. The minimum absolute atomic E-state index is 0.398. The van der Waals surface area contributed by atoms with E-state index in [1.807, 2.05) is 0 Å². The first-order valence-corrected chi connectivity index (χ1v) is 4.19. The molecule has 0 aliphatic rings. The van der Waals surface area contributed by atoms with Gasteiger partial charge in [0.15, 0.2) is 0 Å². The molecule has 0 spiro atoms. The highest BCUT2D eigenvalue weighted by Gasteiger charge is 2.13. The zero-order valence-corrected chi connectivity index (χ0v) is 8.16. The lowest BCUT2D eigenvalue weighted by Crippen LogP contribution is -2.02. The number of aliphatic hydroxyl groups is 1. The van der Waals surface area contributed by atoms with Crippen LogP contribution in [-0.4, -0.2) is 26.0 Å². The molecule has 3 nitrogen and oxygen atoms in total. The van der Waals surface area contributed by atoms with Crippen molar-refractivity contribution in [3.63, 3.8) is 0 Å². The van der Waals surface area contributed by atoms with Gasteiger partial charge in [0.2, 0.25) is 0 Å². The van der Waals surface area contributed by atoms with Crippen molar-refractivity contribution in [3.8, 4) is 11.5 Å². The third-order valence-electron chi connectivity index (χ3n) is 1.94. The Kier molecular flexibility index (Phi) is 3.71. The van der Waals surface area contributed by atoms with Crippen molar-refractivity contribution in [3.05, 3.63) is 23.8 Å². The molecule has 78 valence electrons. The fraction of sp³-hybridized carbons (Fsp3) is 0.400. The highest BCUT2D eigenvalue weighted by Crippen LogP contribution is 2.29. The maximum Gasteiger partial charge on any atom is 0.125 e. The number of alkyl halides is 1. The molecule has 1 rings (SSSR count). The van der Waals surface area contributed by atoms with Crippen molar-refractivity contribution in [1.82, 2.24) is 0 Å². The lowest BCUT2D eigenvalue weighted by atomic mass is 10.1. The first-order chi connectivity index (χ1) is 6.72. The van der Waals surface area contributed by atoms with Crippen molar-refractivity contribution < 1.29 is 19.0 Å². The van der Waals surface area contributed by atoms with E-state index in [-0.39, 0.29) is 0 Å². The second kappa shape index (κ2) is 4.81. The molecule has 1 N–H and O–H groups in total. The predicted molar refractivity (Wildman–Crippen MR) is 50.5 cm³/mol. The Morgan fingerprint density at radius 2 is 2.07 bits per heavy atom. The Morgan fingerprint density at radius 3 is 2.57 bits per heavy atom. The maximum absolute atomic E-state index is 12.3. The summed E-state index contributed by atoms with van der Waals surface area (Å²) in [4.78, 5) is 0. The van der Waals surface area contributed by atoms with Crippen molar-refractivity contribution in [2.75, 3.05) is 20.9 Å². The van der Waals surface area contributed by atoms with E-state index >= 15 is 0 Å². The van der Waals surface area contributed by atoms with Gasteiger partial charge in [0, 0.05) is 5.56 Å². The summed E-state index contributed by atoms with van der Waals surface area (Å²) in [6, 6.07) is 4.88. The number of aliphatic hydroxyl groups excluding tert-OH is 1. The third-order valence-corrected chi connectivity index (χ3v) is 1.94. The third kappa shape index (κ3) is 2.14. The van der Waals surface area contributed by atoms with Crippen molar-refractivity contribution in [2.45, 2.75) is 6.10 Å². The molecule has 0 heterocycles. The van der Waals surface area contributed by atoms with Crippen molar-refractivity contribution >= 4 is 0 Å². The van der Waals surface area contributed by atoms with Gasteiger partial charge in [-0.05, 0) is 18.2 Å². The van der Waals surface area contributed by atoms with Crippen LogP contribution in [0.15, 0.2) is 18.2 Å². The van der Waals surface area contributed by atoms with Gasteiger partial charge < -0.3 is 14.6 Å². The first kappa shape index (κ1) is 10.8. The highest BCUT2D eigenvalue weighted by atomic mass is 19.1.